The molecule has 0 bridgehead atoms. The maximum Gasteiger partial charge on any atom is 0.282 e. The van der Waals surface area contributed by atoms with Gasteiger partial charge in [-0.3, -0.25) is 19.5 Å². The molecule has 0 saturated carbocycles. The number of anilines is 1. The highest BCUT2D eigenvalue weighted by Gasteiger charge is 2.21. The van der Waals surface area contributed by atoms with Gasteiger partial charge in [-0.1, -0.05) is 5.21 Å². The molecule has 0 amide bonds. The summed E-state index contributed by atoms with van der Waals surface area (Å²) in [6.45, 7) is 3.12. The van der Waals surface area contributed by atoms with Gasteiger partial charge in [0, 0.05) is 18.7 Å². The molecule has 1 heterocycles. The lowest BCUT2D eigenvalue weighted by atomic mass is 10.1. The van der Waals surface area contributed by atoms with E-state index in [4.69, 9.17) is 0 Å². The molecule has 1 aromatic carbocycles. The van der Waals surface area contributed by atoms with Gasteiger partial charge in [-0.25, -0.2) is 0 Å². The maximum atomic E-state index is 12.1. The number of nitro groups is 1. The Morgan fingerprint density at radius 1 is 1.29 bits per heavy atom. The molecule has 0 aliphatic rings. The van der Waals surface area contributed by atoms with E-state index in [1.165, 1.54) is 29.9 Å². The van der Waals surface area contributed by atoms with Crippen molar-refractivity contribution in [2.45, 2.75) is 18.9 Å². The lowest BCUT2D eigenvalue weighted by Crippen LogP contribution is -2.14. The summed E-state index contributed by atoms with van der Waals surface area (Å²) in [7, 11) is -2.33. The van der Waals surface area contributed by atoms with Crippen molar-refractivity contribution in [3.8, 4) is 0 Å². The number of nitrogens with zero attached hydrogens (tertiary/aromatic N) is 4. The summed E-state index contributed by atoms with van der Waals surface area (Å²) in [5.74, 6) is 0. The first-order valence-electron chi connectivity index (χ1n) is 5.85. The predicted octanol–water partition coefficient (Wildman–Crippen LogP) is 1.14. The monoisotopic (exact) mass is 311 g/mol. The van der Waals surface area contributed by atoms with Gasteiger partial charge >= 0.3 is 0 Å². The van der Waals surface area contributed by atoms with Crippen LogP contribution in [0.2, 0.25) is 0 Å². The molecule has 0 atom stereocenters. The SMILES string of the molecule is Cc1cc([N+](=O)[O-])c(C)cc1NS(=O)(=O)c1cn(C)nn1. The number of rotatable bonds is 4. The van der Waals surface area contributed by atoms with Crippen molar-refractivity contribution < 1.29 is 13.3 Å². The second-order valence-electron chi connectivity index (χ2n) is 4.55. The van der Waals surface area contributed by atoms with Crippen LogP contribution < -0.4 is 4.72 Å². The first-order chi connectivity index (χ1) is 9.70. The first kappa shape index (κ1) is 14.9. The van der Waals surface area contributed by atoms with Gasteiger partial charge in [0.15, 0.2) is 0 Å². The third-order valence-corrected chi connectivity index (χ3v) is 4.07. The van der Waals surface area contributed by atoms with E-state index in [9.17, 15) is 18.5 Å². The van der Waals surface area contributed by atoms with E-state index in [2.05, 4.69) is 15.0 Å². The molecule has 0 radical (unpaired) electrons. The molecule has 0 unspecified atom stereocenters. The van der Waals surface area contributed by atoms with E-state index in [0.29, 0.717) is 11.1 Å². The Morgan fingerprint density at radius 3 is 2.48 bits per heavy atom. The molecular weight excluding hydrogens is 298 g/mol. The molecule has 10 heteroatoms. The Labute approximate surface area is 120 Å². The lowest BCUT2D eigenvalue weighted by Gasteiger charge is -2.10. The largest absolute Gasteiger partial charge is 0.282 e. The van der Waals surface area contributed by atoms with Gasteiger partial charge < -0.3 is 0 Å². The van der Waals surface area contributed by atoms with Crippen LogP contribution in [0.3, 0.4) is 0 Å². The molecule has 0 spiro atoms. The van der Waals surface area contributed by atoms with Gasteiger partial charge in [0.05, 0.1) is 16.8 Å². The van der Waals surface area contributed by atoms with Crippen molar-refractivity contribution >= 4 is 21.4 Å². The average molecular weight is 311 g/mol. The average Bonchev–Trinajstić information content (AvgIpc) is 2.80. The molecular formula is C11H13N5O4S. The molecule has 0 fully saturated rings. The third kappa shape index (κ3) is 2.99. The van der Waals surface area contributed by atoms with Crippen LogP contribution in [-0.2, 0) is 17.1 Å². The van der Waals surface area contributed by atoms with Gasteiger partial charge in [-0.15, -0.1) is 5.10 Å². The molecule has 21 heavy (non-hydrogen) atoms. The number of nitro benzene ring substituents is 1. The van der Waals surface area contributed by atoms with Gasteiger partial charge in [0.1, 0.15) is 0 Å². The minimum absolute atomic E-state index is 0.0602. The van der Waals surface area contributed by atoms with Crippen molar-refractivity contribution in [3.63, 3.8) is 0 Å². The van der Waals surface area contributed by atoms with E-state index in [1.54, 1.807) is 14.0 Å². The maximum absolute atomic E-state index is 12.1. The first-order valence-corrected chi connectivity index (χ1v) is 7.34. The summed E-state index contributed by atoms with van der Waals surface area (Å²) in [4.78, 5) is 10.3. The van der Waals surface area contributed by atoms with E-state index >= 15 is 0 Å². The molecule has 2 aromatic rings. The Bertz CT molecular complexity index is 812. The Morgan fingerprint density at radius 2 is 1.95 bits per heavy atom. The van der Waals surface area contributed by atoms with Crippen LogP contribution in [0.25, 0.3) is 0 Å². The summed E-state index contributed by atoms with van der Waals surface area (Å²) >= 11 is 0. The standard InChI is InChI=1S/C11H13N5O4S/c1-7-5-10(16(17)18)8(2)4-9(7)13-21(19,20)11-6-15(3)14-12-11/h4-6,13H,1-3H3. The Hall–Kier alpha value is -2.49. The quantitative estimate of drug-likeness (QED) is 0.667. The summed E-state index contributed by atoms with van der Waals surface area (Å²) in [6, 6.07) is 2.74. The summed E-state index contributed by atoms with van der Waals surface area (Å²) in [6.07, 6.45) is 1.26. The van der Waals surface area contributed by atoms with Crippen LogP contribution in [0.4, 0.5) is 11.4 Å². The highest BCUT2D eigenvalue weighted by Crippen LogP contribution is 2.27. The van der Waals surface area contributed by atoms with Crippen LogP contribution in [0.5, 0.6) is 0 Å². The van der Waals surface area contributed by atoms with Gasteiger partial charge in [-0.05, 0) is 25.5 Å². The second kappa shape index (κ2) is 5.13. The van der Waals surface area contributed by atoms with Crippen LogP contribution in [0.15, 0.2) is 23.4 Å². The molecule has 0 saturated heterocycles. The summed E-state index contributed by atoms with van der Waals surface area (Å²) < 4.78 is 27.9. The van der Waals surface area contributed by atoms with Gasteiger partial charge in [0.25, 0.3) is 15.7 Å². The van der Waals surface area contributed by atoms with Crippen LogP contribution in [0.1, 0.15) is 11.1 Å². The fraction of sp³-hybridized carbons (Fsp3) is 0.273. The van der Waals surface area contributed by atoms with E-state index in [1.807, 2.05) is 0 Å². The highest BCUT2D eigenvalue weighted by atomic mass is 32.2. The minimum atomic E-state index is -3.88. The smallest absolute Gasteiger partial charge is 0.278 e. The summed E-state index contributed by atoms with van der Waals surface area (Å²) in [5, 5.41) is 17.7. The fourth-order valence-electron chi connectivity index (χ4n) is 1.75. The van der Waals surface area contributed by atoms with Crippen molar-refractivity contribution in [1.29, 1.82) is 0 Å². The third-order valence-electron chi connectivity index (χ3n) is 2.84. The molecule has 2 rings (SSSR count). The number of aromatic nitrogens is 3. The normalized spacial score (nSPS) is 11.4. The molecule has 112 valence electrons. The topological polar surface area (TPSA) is 120 Å². The second-order valence-corrected chi connectivity index (χ2v) is 6.18. The zero-order chi connectivity index (χ0) is 15.8. The summed E-state index contributed by atoms with van der Waals surface area (Å²) in [5.41, 5.74) is 1.01. The molecule has 0 aliphatic carbocycles. The number of nitrogens with one attached hydrogen (secondary N) is 1. The number of benzene rings is 1. The molecule has 0 aliphatic heterocycles. The molecule has 9 nitrogen and oxygen atoms in total. The number of hydrogen-bond acceptors (Lipinski definition) is 6. The number of sulfonamides is 1. The zero-order valence-electron chi connectivity index (χ0n) is 11.6. The van der Waals surface area contributed by atoms with E-state index < -0.39 is 14.9 Å². The molecule has 1 N–H and O–H groups in total. The Balaban J connectivity index is 2.40. The van der Waals surface area contributed by atoms with Crippen LogP contribution in [0, 0.1) is 24.0 Å². The molecule has 1 aromatic heterocycles. The van der Waals surface area contributed by atoms with E-state index in [-0.39, 0.29) is 16.4 Å². The zero-order valence-corrected chi connectivity index (χ0v) is 12.4. The van der Waals surface area contributed by atoms with Gasteiger partial charge in [0.2, 0.25) is 5.03 Å². The van der Waals surface area contributed by atoms with Crippen LogP contribution >= 0.6 is 0 Å². The number of hydrogen-bond donors (Lipinski definition) is 1. The minimum Gasteiger partial charge on any atom is -0.278 e. The highest BCUT2D eigenvalue weighted by molar-refractivity contribution is 7.92. The lowest BCUT2D eigenvalue weighted by molar-refractivity contribution is -0.385. The van der Waals surface area contributed by atoms with Crippen molar-refractivity contribution in [2.24, 2.45) is 7.05 Å². The fourth-order valence-corrected chi connectivity index (χ4v) is 2.80. The van der Waals surface area contributed by atoms with Crippen LogP contribution in [-0.4, -0.2) is 28.3 Å². The van der Waals surface area contributed by atoms with Crippen molar-refractivity contribution in [2.75, 3.05) is 4.72 Å². The Kier molecular flexibility index (Phi) is 3.64. The van der Waals surface area contributed by atoms with E-state index in [0.717, 1.165) is 0 Å². The van der Waals surface area contributed by atoms with Crippen molar-refractivity contribution in [1.82, 2.24) is 15.0 Å². The predicted molar refractivity (Wildman–Crippen MR) is 74.4 cm³/mol. The van der Waals surface area contributed by atoms with Gasteiger partial charge in [-0.2, -0.15) is 8.42 Å². The van der Waals surface area contributed by atoms with Crippen molar-refractivity contribution in [3.05, 3.63) is 39.6 Å². The number of aryl methyl sites for hydroxylation is 3.